The number of hydrazone groups is 1. The number of nitrogens with zero attached hydrogens (tertiary/aromatic N) is 2. The number of hydrogen-bond donors (Lipinski definition) is 1. The van der Waals surface area contributed by atoms with Crippen molar-refractivity contribution >= 4 is 49.7 Å². The van der Waals surface area contributed by atoms with Gasteiger partial charge < -0.3 is 4.74 Å². The highest BCUT2D eigenvalue weighted by molar-refractivity contribution is 9.11. The Morgan fingerprint density at radius 3 is 2.18 bits per heavy atom. The van der Waals surface area contributed by atoms with E-state index in [2.05, 4.69) is 63.2 Å². The fourth-order valence-corrected chi connectivity index (χ4v) is 4.46. The van der Waals surface area contributed by atoms with E-state index in [4.69, 9.17) is 4.74 Å². The third-order valence-corrected chi connectivity index (χ3v) is 6.12. The summed E-state index contributed by atoms with van der Waals surface area (Å²) < 4.78 is 7.24. The molecule has 0 bridgehead atoms. The van der Waals surface area contributed by atoms with E-state index in [0.29, 0.717) is 20.3 Å². The molecule has 0 atom stereocenters. The molecule has 0 aromatic heterocycles. The highest BCUT2D eigenvalue weighted by atomic mass is 79.9. The second kappa shape index (κ2) is 10.9. The van der Waals surface area contributed by atoms with Crippen molar-refractivity contribution in [1.82, 2.24) is 5.43 Å². The smallest absolute Gasteiger partial charge is 0.271 e. The average Bonchev–Trinajstić information content (AvgIpc) is 2.78. The fourth-order valence-electron chi connectivity index (χ4n) is 3.01. The van der Waals surface area contributed by atoms with E-state index in [9.17, 15) is 14.9 Å². The zero-order valence-electron chi connectivity index (χ0n) is 18.8. The molecule has 0 heterocycles. The number of nitro groups is 1. The molecule has 0 spiro atoms. The molecule has 0 fully saturated rings. The molecule has 0 radical (unpaired) electrons. The molecule has 1 amide bonds. The van der Waals surface area contributed by atoms with Crippen LogP contribution in [0.4, 0.5) is 5.69 Å². The lowest BCUT2D eigenvalue weighted by atomic mass is 9.87. The number of amides is 1. The summed E-state index contributed by atoms with van der Waals surface area (Å²) in [6.07, 6.45) is 1.54. The number of nitro benzene ring substituents is 1. The van der Waals surface area contributed by atoms with Crippen molar-refractivity contribution in [3.05, 3.63) is 102 Å². The van der Waals surface area contributed by atoms with Crippen LogP contribution in [0, 0.1) is 10.1 Å². The van der Waals surface area contributed by atoms with Gasteiger partial charge in [-0.05, 0) is 90.4 Å². The second-order valence-electron chi connectivity index (χ2n) is 8.55. The van der Waals surface area contributed by atoms with Gasteiger partial charge in [0.05, 0.1) is 20.1 Å². The van der Waals surface area contributed by atoms with Gasteiger partial charge in [0.1, 0.15) is 12.4 Å². The Bertz CT molecular complexity index is 1200. The number of ether oxygens (including phenoxy) is 1. The normalized spacial score (nSPS) is 11.4. The van der Waals surface area contributed by atoms with Crippen LogP contribution in [0.2, 0.25) is 0 Å². The third-order valence-electron chi connectivity index (χ3n) is 4.94. The van der Waals surface area contributed by atoms with Gasteiger partial charge in [-0.25, -0.2) is 5.43 Å². The summed E-state index contributed by atoms with van der Waals surface area (Å²) >= 11 is 6.98. The lowest BCUT2D eigenvalue weighted by molar-refractivity contribution is -0.384. The highest BCUT2D eigenvalue weighted by Crippen LogP contribution is 2.35. The van der Waals surface area contributed by atoms with Crippen LogP contribution in [0.1, 0.15) is 47.8 Å². The van der Waals surface area contributed by atoms with E-state index in [1.807, 2.05) is 24.3 Å². The van der Waals surface area contributed by atoms with Gasteiger partial charge in [-0.15, -0.1) is 0 Å². The van der Waals surface area contributed by atoms with E-state index in [-0.39, 0.29) is 23.6 Å². The maximum Gasteiger partial charge on any atom is 0.271 e. The molecule has 0 aliphatic carbocycles. The molecule has 3 aromatic rings. The van der Waals surface area contributed by atoms with Crippen LogP contribution in [-0.2, 0) is 12.0 Å². The van der Waals surface area contributed by atoms with E-state index in [0.717, 1.165) is 16.7 Å². The molecule has 34 heavy (non-hydrogen) atoms. The van der Waals surface area contributed by atoms with Crippen LogP contribution in [-0.4, -0.2) is 17.0 Å². The largest absolute Gasteiger partial charge is 0.487 e. The average molecular weight is 589 g/mol. The second-order valence-corrected chi connectivity index (χ2v) is 10.3. The van der Waals surface area contributed by atoms with Crippen molar-refractivity contribution in [2.24, 2.45) is 5.10 Å². The van der Waals surface area contributed by atoms with Gasteiger partial charge in [0, 0.05) is 17.7 Å². The molecular weight excluding hydrogens is 566 g/mol. The summed E-state index contributed by atoms with van der Waals surface area (Å²) in [7, 11) is 0. The maximum atomic E-state index is 12.4. The van der Waals surface area contributed by atoms with Crippen LogP contribution in [0.15, 0.2) is 74.7 Å². The van der Waals surface area contributed by atoms with Crippen LogP contribution in [0.25, 0.3) is 0 Å². The Hall–Kier alpha value is -3.04. The van der Waals surface area contributed by atoms with Gasteiger partial charge in [-0.1, -0.05) is 32.9 Å². The number of benzene rings is 3. The topological polar surface area (TPSA) is 93.8 Å². The van der Waals surface area contributed by atoms with Gasteiger partial charge in [0.25, 0.3) is 11.6 Å². The summed E-state index contributed by atoms with van der Waals surface area (Å²) in [5.74, 6) is 0.288. The first-order valence-corrected chi connectivity index (χ1v) is 11.9. The van der Waals surface area contributed by atoms with Crippen molar-refractivity contribution in [2.45, 2.75) is 32.8 Å². The van der Waals surface area contributed by atoms with Crippen molar-refractivity contribution in [3.63, 3.8) is 0 Å². The standard InChI is InChI=1S/C25H23Br2N3O4/c1-25(2,3)19-8-6-18(7-9-19)24(31)29-28-14-17-12-21(26)23(22(27)13-17)34-15-16-4-10-20(11-5-16)30(32)33/h4-14H,15H2,1-3H3,(H,29,31)/b28-14-. The number of carbonyl (C=O) groups is 1. The summed E-state index contributed by atoms with van der Waals surface area (Å²) in [5, 5.41) is 14.8. The first-order chi connectivity index (χ1) is 16.0. The Balaban J connectivity index is 1.61. The molecule has 3 rings (SSSR count). The molecule has 0 saturated carbocycles. The number of carbonyl (C=O) groups excluding carboxylic acids is 1. The van der Waals surface area contributed by atoms with Crippen molar-refractivity contribution in [2.75, 3.05) is 0 Å². The van der Waals surface area contributed by atoms with Crippen LogP contribution < -0.4 is 10.2 Å². The SMILES string of the molecule is CC(C)(C)c1ccc(C(=O)N/N=C\c2cc(Br)c(OCc3ccc([N+](=O)[O-])cc3)c(Br)c2)cc1. The molecule has 0 saturated heterocycles. The molecule has 7 nitrogen and oxygen atoms in total. The predicted molar refractivity (Wildman–Crippen MR) is 139 cm³/mol. The van der Waals surface area contributed by atoms with E-state index < -0.39 is 4.92 Å². The number of halogens is 2. The molecule has 0 aliphatic rings. The van der Waals surface area contributed by atoms with Crippen molar-refractivity contribution in [1.29, 1.82) is 0 Å². The zero-order chi connectivity index (χ0) is 24.9. The summed E-state index contributed by atoms with van der Waals surface area (Å²) in [4.78, 5) is 22.7. The predicted octanol–water partition coefficient (Wildman–Crippen LogP) is 6.76. The van der Waals surface area contributed by atoms with E-state index >= 15 is 0 Å². The monoisotopic (exact) mass is 587 g/mol. The van der Waals surface area contributed by atoms with Gasteiger partial charge in [0.15, 0.2) is 0 Å². The first-order valence-electron chi connectivity index (χ1n) is 10.3. The minimum absolute atomic E-state index is 0.0195. The van der Waals surface area contributed by atoms with Crippen LogP contribution in [0.3, 0.4) is 0 Å². The number of non-ortho nitro benzene ring substituents is 1. The summed E-state index contributed by atoms with van der Waals surface area (Å²) in [6.45, 7) is 6.60. The fraction of sp³-hybridized carbons (Fsp3) is 0.200. The minimum atomic E-state index is -0.441. The molecule has 1 N–H and O–H groups in total. The molecule has 176 valence electrons. The van der Waals surface area contributed by atoms with Gasteiger partial charge in [-0.2, -0.15) is 5.10 Å². The Morgan fingerprint density at radius 2 is 1.65 bits per heavy atom. The third kappa shape index (κ3) is 6.74. The molecule has 9 heteroatoms. The molecular formula is C25H23Br2N3O4. The Kier molecular flexibility index (Phi) is 8.22. The lowest BCUT2D eigenvalue weighted by Gasteiger charge is -2.18. The highest BCUT2D eigenvalue weighted by Gasteiger charge is 2.14. The van der Waals surface area contributed by atoms with Crippen LogP contribution in [0.5, 0.6) is 5.75 Å². The van der Waals surface area contributed by atoms with Crippen molar-refractivity contribution < 1.29 is 14.5 Å². The van der Waals surface area contributed by atoms with Gasteiger partial charge in [-0.3, -0.25) is 14.9 Å². The molecule has 0 unspecified atom stereocenters. The zero-order valence-corrected chi connectivity index (χ0v) is 22.0. The number of rotatable bonds is 7. The maximum absolute atomic E-state index is 12.4. The number of nitrogens with one attached hydrogen (secondary N) is 1. The Morgan fingerprint density at radius 1 is 1.06 bits per heavy atom. The minimum Gasteiger partial charge on any atom is -0.487 e. The van der Waals surface area contributed by atoms with E-state index in [1.54, 1.807) is 24.3 Å². The lowest BCUT2D eigenvalue weighted by Crippen LogP contribution is -2.18. The summed E-state index contributed by atoms with van der Waals surface area (Å²) in [5.41, 5.74) is 5.81. The van der Waals surface area contributed by atoms with Crippen LogP contribution >= 0.6 is 31.9 Å². The summed E-state index contributed by atoms with van der Waals surface area (Å²) in [6, 6.07) is 17.3. The molecule has 0 aliphatic heterocycles. The molecule has 3 aromatic carbocycles. The number of hydrogen-bond acceptors (Lipinski definition) is 5. The Labute approximate surface area is 214 Å². The van der Waals surface area contributed by atoms with E-state index in [1.165, 1.54) is 18.3 Å². The quantitative estimate of drug-likeness (QED) is 0.187. The van der Waals surface area contributed by atoms with Crippen molar-refractivity contribution in [3.8, 4) is 5.75 Å². The van der Waals surface area contributed by atoms with Gasteiger partial charge in [0.2, 0.25) is 0 Å². The first kappa shape index (κ1) is 25.6. The van der Waals surface area contributed by atoms with Gasteiger partial charge >= 0.3 is 0 Å².